The molecule has 2 aromatic heterocycles. The maximum absolute atomic E-state index is 13.3. The van der Waals surface area contributed by atoms with Crippen LogP contribution < -0.4 is 5.73 Å². The Morgan fingerprint density at radius 1 is 1.11 bits per heavy atom. The van der Waals surface area contributed by atoms with E-state index in [2.05, 4.69) is 10.1 Å². The molecule has 7 nitrogen and oxygen atoms in total. The van der Waals surface area contributed by atoms with Gasteiger partial charge in [-0.2, -0.15) is 5.10 Å². The monoisotopic (exact) mass is 367 g/mol. The van der Waals surface area contributed by atoms with Gasteiger partial charge >= 0.3 is 0 Å². The summed E-state index contributed by atoms with van der Waals surface area (Å²) >= 11 is 0. The molecule has 0 atom stereocenters. The van der Waals surface area contributed by atoms with Gasteiger partial charge < -0.3 is 15.4 Å². The van der Waals surface area contributed by atoms with E-state index >= 15 is 0 Å². The van der Waals surface area contributed by atoms with Gasteiger partial charge in [-0.1, -0.05) is 19.3 Å². The average molecular weight is 367 g/mol. The highest BCUT2D eigenvalue weighted by Gasteiger charge is 2.34. The Bertz CT molecular complexity index is 867. The highest BCUT2D eigenvalue weighted by molar-refractivity contribution is 6.02. The minimum atomic E-state index is 0.0507. The molecule has 3 aliphatic rings. The van der Waals surface area contributed by atoms with Crippen LogP contribution in [0.5, 0.6) is 0 Å². The lowest BCUT2D eigenvalue weighted by Crippen LogP contribution is -2.46. The van der Waals surface area contributed by atoms with Gasteiger partial charge in [0.2, 0.25) is 0 Å². The Labute approximate surface area is 158 Å². The first kappa shape index (κ1) is 16.7. The molecule has 0 aromatic carbocycles. The minimum Gasteiger partial charge on any atom is -0.383 e. The van der Waals surface area contributed by atoms with Gasteiger partial charge in [-0.05, 0) is 24.8 Å². The van der Waals surface area contributed by atoms with E-state index in [0.29, 0.717) is 36.7 Å². The Kier molecular flexibility index (Phi) is 4.11. The lowest BCUT2D eigenvalue weighted by molar-refractivity contribution is -0.0286. The zero-order valence-corrected chi connectivity index (χ0v) is 15.4. The van der Waals surface area contributed by atoms with Crippen molar-refractivity contribution in [2.75, 3.05) is 25.5 Å². The number of hydrogen-bond acceptors (Lipinski definition) is 5. The van der Waals surface area contributed by atoms with Crippen molar-refractivity contribution < 1.29 is 9.53 Å². The molecule has 2 N–H and O–H groups in total. The van der Waals surface area contributed by atoms with Gasteiger partial charge in [0.05, 0.1) is 31.0 Å². The summed E-state index contributed by atoms with van der Waals surface area (Å²) in [6.07, 6.45) is 12.4. The van der Waals surface area contributed by atoms with E-state index in [0.717, 1.165) is 42.5 Å². The third kappa shape index (κ3) is 2.81. The molecule has 1 aliphatic carbocycles. The van der Waals surface area contributed by atoms with Gasteiger partial charge in [-0.15, -0.1) is 0 Å². The number of aromatic nitrogens is 3. The summed E-state index contributed by atoms with van der Waals surface area (Å²) in [6.45, 7) is 2.17. The van der Waals surface area contributed by atoms with E-state index in [4.69, 9.17) is 10.5 Å². The van der Waals surface area contributed by atoms with Crippen molar-refractivity contribution in [3.63, 3.8) is 0 Å². The predicted octanol–water partition coefficient (Wildman–Crippen LogP) is 2.43. The number of ether oxygens (including phenoxy) is 1. The fourth-order valence-corrected chi connectivity index (χ4v) is 4.58. The van der Waals surface area contributed by atoms with Gasteiger partial charge in [0.15, 0.2) is 0 Å². The van der Waals surface area contributed by atoms with Gasteiger partial charge in [-0.3, -0.25) is 9.48 Å². The van der Waals surface area contributed by atoms with Gasteiger partial charge in [0, 0.05) is 36.1 Å². The number of pyridine rings is 1. The molecule has 0 spiro atoms. The first-order chi connectivity index (χ1) is 13.2. The number of carbonyl (C=O) groups excluding carboxylic acids is 1. The molecule has 2 aliphatic heterocycles. The first-order valence-corrected chi connectivity index (χ1v) is 9.93. The van der Waals surface area contributed by atoms with Crippen LogP contribution in [0.3, 0.4) is 0 Å². The Morgan fingerprint density at radius 2 is 1.93 bits per heavy atom. The SMILES string of the molecule is Nc1ncc(-c2cnn(C3COC3)c2)c2c1C(=O)N(C1CCCCC1)CC2. The summed E-state index contributed by atoms with van der Waals surface area (Å²) in [4.78, 5) is 19.7. The summed E-state index contributed by atoms with van der Waals surface area (Å²) in [5.41, 5.74) is 9.74. The molecule has 7 heteroatoms. The van der Waals surface area contributed by atoms with Crippen molar-refractivity contribution in [2.24, 2.45) is 0 Å². The molecule has 1 saturated carbocycles. The third-order valence-electron chi connectivity index (χ3n) is 6.22. The van der Waals surface area contributed by atoms with Crippen LogP contribution in [0.4, 0.5) is 5.82 Å². The summed E-state index contributed by atoms with van der Waals surface area (Å²) in [6, 6.07) is 0.656. The zero-order chi connectivity index (χ0) is 18.4. The van der Waals surface area contributed by atoms with E-state index in [1.54, 1.807) is 6.20 Å². The smallest absolute Gasteiger partial charge is 0.258 e. The van der Waals surface area contributed by atoms with Crippen LogP contribution in [0.2, 0.25) is 0 Å². The first-order valence-electron chi connectivity index (χ1n) is 9.93. The number of amides is 1. The largest absolute Gasteiger partial charge is 0.383 e. The van der Waals surface area contributed by atoms with Crippen LogP contribution >= 0.6 is 0 Å². The molecule has 2 fully saturated rings. The second-order valence-corrected chi connectivity index (χ2v) is 7.85. The lowest BCUT2D eigenvalue weighted by Gasteiger charge is -2.38. The summed E-state index contributed by atoms with van der Waals surface area (Å²) in [5, 5.41) is 4.48. The normalized spacial score (nSPS) is 21.2. The number of fused-ring (bicyclic) bond motifs is 1. The fourth-order valence-electron chi connectivity index (χ4n) is 4.58. The van der Waals surface area contributed by atoms with Crippen molar-refractivity contribution in [1.29, 1.82) is 0 Å². The Hall–Kier alpha value is -2.41. The molecule has 142 valence electrons. The molecule has 27 heavy (non-hydrogen) atoms. The molecule has 1 amide bonds. The second kappa shape index (κ2) is 6.64. The van der Waals surface area contributed by atoms with E-state index in [1.165, 1.54) is 19.3 Å². The molecule has 5 rings (SSSR count). The maximum Gasteiger partial charge on any atom is 0.258 e. The summed E-state index contributed by atoms with van der Waals surface area (Å²) in [5.74, 6) is 0.397. The number of carbonyl (C=O) groups is 1. The van der Waals surface area contributed by atoms with Gasteiger partial charge in [0.25, 0.3) is 5.91 Å². The molecule has 0 bridgehead atoms. The summed E-state index contributed by atoms with van der Waals surface area (Å²) in [7, 11) is 0. The number of anilines is 1. The molecule has 4 heterocycles. The number of rotatable bonds is 3. The van der Waals surface area contributed by atoms with Crippen molar-refractivity contribution >= 4 is 11.7 Å². The molecule has 0 unspecified atom stereocenters. The van der Waals surface area contributed by atoms with Crippen LogP contribution in [-0.4, -0.2) is 51.4 Å². The zero-order valence-electron chi connectivity index (χ0n) is 15.4. The van der Waals surface area contributed by atoms with Crippen molar-refractivity contribution in [2.45, 2.75) is 50.6 Å². The quantitative estimate of drug-likeness (QED) is 0.900. The highest BCUT2D eigenvalue weighted by atomic mass is 16.5. The van der Waals surface area contributed by atoms with Crippen molar-refractivity contribution in [3.8, 4) is 11.1 Å². The molecule has 0 radical (unpaired) electrons. The van der Waals surface area contributed by atoms with Crippen LogP contribution in [0, 0.1) is 0 Å². The average Bonchev–Trinajstić information content (AvgIpc) is 3.10. The van der Waals surface area contributed by atoms with Crippen LogP contribution in [0.15, 0.2) is 18.6 Å². The third-order valence-corrected chi connectivity index (χ3v) is 6.22. The molecule has 1 saturated heterocycles. The molecule has 2 aromatic rings. The molecular formula is C20H25N5O2. The van der Waals surface area contributed by atoms with Gasteiger partial charge in [-0.25, -0.2) is 4.98 Å². The van der Waals surface area contributed by atoms with Gasteiger partial charge in [0.1, 0.15) is 5.82 Å². The van der Waals surface area contributed by atoms with Crippen molar-refractivity contribution in [3.05, 3.63) is 29.7 Å². The summed E-state index contributed by atoms with van der Waals surface area (Å²) < 4.78 is 7.20. The van der Waals surface area contributed by atoms with Crippen LogP contribution in [0.1, 0.15) is 54.1 Å². The number of nitrogens with zero attached hydrogens (tertiary/aromatic N) is 4. The standard InChI is InChI=1S/C20H25N5O2/c21-19-18-16(6-7-24(20(18)26)14-4-2-1-3-5-14)17(9-22-19)13-8-23-25(10-13)15-11-27-12-15/h8-10,14-15H,1-7,11-12H2,(H2,21,22). The topological polar surface area (TPSA) is 86.3 Å². The van der Waals surface area contributed by atoms with Crippen LogP contribution in [-0.2, 0) is 11.2 Å². The number of nitrogen functional groups attached to an aromatic ring is 1. The minimum absolute atomic E-state index is 0.0507. The van der Waals surface area contributed by atoms with E-state index < -0.39 is 0 Å². The predicted molar refractivity (Wildman–Crippen MR) is 101 cm³/mol. The van der Waals surface area contributed by atoms with Crippen molar-refractivity contribution in [1.82, 2.24) is 19.7 Å². The Morgan fingerprint density at radius 3 is 2.67 bits per heavy atom. The number of nitrogens with two attached hydrogens (primary N) is 1. The maximum atomic E-state index is 13.3. The fraction of sp³-hybridized carbons (Fsp3) is 0.550. The van der Waals surface area contributed by atoms with E-state index in [9.17, 15) is 4.79 Å². The van der Waals surface area contributed by atoms with Crippen LogP contribution in [0.25, 0.3) is 11.1 Å². The van der Waals surface area contributed by atoms with E-state index in [-0.39, 0.29) is 5.91 Å². The lowest BCUT2D eigenvalue weighted by atomic mass is 9.89. The molecular weight excluding hydrogens is 342 g/mol. The number of hydrogen-bond donors (Lipinski definition) is 1. The second-order valence-electron chi connectivity index (χ2n) is 7.85. The highest BCUT2D eigenvalue weighted by Crippen LogP contribution is 2.35. The van der Waals surface area contributed by atoms with E-state index in [1.807, 2.05) is 22.0 Å². The Balaban J connectivity index is 1.49.